The van der Waals surface area contributed by atoms with E-state index < -0.39 is 0 Å². The van der Waals surface area contributed by atoms with E-state index in [1.165, 1.54) is 16.8 Å². The van der Waals surface area contributed by atoms with Crippen molar-refractivity contribution in [1.29, 1.82) is 0 Å². The van der Waals surface area contributed by atoms with E-state index in [2.05, 4.69) is 55.3 Å². The summed E-state index contributed by atoms with van der Waals surface area (Å²) in [6, 6.07) is 17.0. The molecule has 2 rings (SSSR count). The van der Waals surface area contributed by atoms with Crippen LogP contribution in [0.1, 0.15) is 24.5 Å². The van der Waals surface area contributed by atoms with Crippen LogP contribution in [0.5, 0.6) is 0 Å². The average molecular weight is 268 g/mol. The highest BCUT2D eigenvalue weighted by Crippen LogP contribution is 2.15. The highest BCUT2D eigenvalue weighted by atomic mass is 15.1. The van der Waals surface area contributed by atoms with Crippen molar-refractivity contribution >= 4 is 11.4 Å². The van der Waals surface area contributed by atoms with Gasteiger partial charge in [0.25, 0.3) is 0 Å². The molecule has 0 bridgehead atoms. The fourth-order valence-corrected chi connectivity index (χ4v) is 2.32. The van der Waals surface area contributed by atoms with Gasteiger partial charge in [-0.2, -0.15) is 0 Å². The van der Waals surface area contributed by atoms with Crippen LogP contribution >= 0.6 is 0 Å². The molecule has 0 unspecified atom stereocenters. The molecule has 0 spiro atoms. The van der Waals surface area contributed by atoms with Crippen LogP contribution in [0.15, 0.2) is 48.5 Å². The molecular formula is C18H24N2. The van der Waals surface area contributed by atoms with Gasteiger partial charge in [-0.25, -0.2) is 0 Å². The summed E-state index contributed by atoms with van der Waals surface area (Å²) in [5.74, 6) is 0. The number of nitrogens with zero attached hydrogens (tertiary/aromatic N) is 1. The normalized spacial score (nSPS) is 10.5. The minimum absolute atomic E-state index is 0.835. The van der Waals surface area contributed by atoms with Crippen molar-refractivity contribution in [3.63, 3.8) is 0 Å². The SMILES string of the molecule is CCc1ccc(N(C)CCCc2ccc(N)cc2)cc1. The van der Waals surface area contributed by atoms with Crippen LogP contribution in [0.4, 0.5) is 11.4 Å². The van der Waals surface area contributed by atoms with Crippen molar-refractivity contribution in [2.75, 3.05) is 24.2 Å². The molecule has 2 aromatic carbocycles. The van der Waals surface area contributed by atoms with E-state index in [0.29, 0.717) is 0 Å². The van der Waals surface area contributed by atoms with Gasteiger partial charge in [0.2, 0.25) is 0 Å². The largest absolute Gasteiger partial charge is 0.399 e. The Morgan fingerprint density at radius 2 is 1.50 bits per heavy atom. The third-order valence-electron chi connectivity index (χ3n) is 3.72. The van der Waals surface area contributed by atoms with Crippen molar-refractivity contribution in [3.05, 3.63) is 59.7 Å². The Labute approximate surface area is 122 Å². The van der Waals surface area contributed by atoms with Crippen LogP contribution in [0.3, 0.4) is 0 Å². The first kappa shape index (κ1) is 14.4. The number of rotatable bonds is 6. The molecule has 0 radical (unpaired) electrons. The standard InChI is InChI=1S/C18H24N2/c1-3-15-8-12-18(13-9-15)20(2)14-4-5-16-6-10-17(19)11-7-16/h6-13H,3-5,14,19H2,1-2H3. The first-order valence-corrected chi connectivity index (χ1v) is 7.33. The van der Waals surface area contributed by atoms with Gasteiger partial charge in [-0.15, -0.1) is 0 Å². The Hall–Kier alpha value is -1.96. The maximum Gasteiger partial charge on any atom is 0.0363 e. The highest BCUT2D eigenvalue weighted by molar-refractivity contribution is 5.46. The van der Waals surface area contributed by atoms with Crippen LogP contribution < -0.4 is 10.6 Å². The number of nitrogen functional groups attached to an aromatic ring is 1. The van der Waals surface area contributed by atoms with E-state index in [0.717, 1.165) is 31.5 Å². The predicted octanol–water partition coefficient (Wildman–Crippen LogP) is 3.90. The molecule has 0 atom stereocenters. The number of hydrogen-bond acceptors (Lipinski definition) is 2. The Balaban J connectivity index is 1.82. The summed E-state index contributed by atoms with van der Waals surface area (Å²) in [6.45, 7) is 3.25. The summed E-state index contributed by atoms with van der Waals surface area (Å²) in [5.41, 5.74) is 10.6. The monoisotopic (exact) mass is 268 g/mol. The quantitative estimate of drug-likeness (QED) is 0.805. The fraction of sp³-hybridized carbons (Fsp3) is 0.333. The van der Waals surface area contributed by atoms with Gasteiger partial charge in [0, 0.05) is 25.0 Å². The molecule has 0 saturated heterocycles. The summed E-state index contributed by atoms with van der Waals surface area (Å²) in [6.07, 6.45) is 3.34. The Kier molecular flexibility index (Phi) is 5.05. The molecule has 0 amide bonds. The van der Waals surface area contributed by atoms with E-state index in [4.69, 9.17) is 5.73 Å². The van der Waals surface area contributed by atoms with Gasteiger partial charge < -0.3 is 10.6 Å². The Morgan fingerprint density at radius 3 is 2.10 bits per heavy atom. The molecule has 0 aromatic heterocycles. The second-order valence-corrected chi connectivity index (χ2v) is 5.29. The Morgan fingerprint density at radius 1 is 0.900 bits per heavy atom. The maximum atomic E-state index is 5.69. The van der Waals surface area contributed by atoms with Gasteiger partial charge in [0.1, 0.15) is 0 Å². The lowest BCUT2D eigenvalue weighted by atomic mass is 10.1. The minimum atomic E-state index is 0.835. The van der Waals surface area contributed by atoms with Gasteiger partial charge in [-0.05, 0) is 54.7 Å². The molecule has 0 aliphatic heterocycles. The second kappa shape index (κ2) is 6.99. The van der Waals surface area contributed by atoms with Crippen molar-refractivity contribution < 1.29 is 0 Å². The molecule has 20 heavy (non-hydrogen) atoms. The summed E-state index contributed by atoms with van der Waals surface area (Å²) < 4.78 is 0. The predicted molar refractivity (Wildman–Crippen MR) is 88.3 cm³/mol. The molecule has 0 aliphatic rings. The van der Waals surface area contributed by atoms with Gasteiger partial charge in [0.15, 0.2) is 0 Å². The van der Waals surface area contributed by atoms with Crippen LogP contribution in [0.2, 0.25) is 0 Å². The van der Waals surface area contributed by atoms with E-state index in [9.17, 15) is 0 Å². The van der Waals surface area contributed by atoms with Crippen molar-refractivity contribution in [2.24, 2.45) is 0 Å². The third-order valence-corrected chi connectivity index (χ3v) is 3.72. The third kappa shape index (κ3) is 4.02. The van der Waals surface area contributed by atoms with Gasteiger partial charge in [-0.1, -0.05) is 31.2 Å². The van der Waals surface area contributed by atoms with E-state index in [-0.39, 0.29) is 0 Å². The van der Waals surface area contributed by atoms with Crippen molar-refractivity contribution in [2.45, 2.75) is 26.2 Å². The van der Waals surface area contributed by atoms with Crippen LogP contribution in [0, 0.1) is 0 Å². The van der Waals surface area contributed by atoms with E-state index >= 15 is 0 Å². The number of nitrogens with two attached hydrogens (primary N) is 1. The van der Waals surface area contributed by atoms with Gasteiger partial charge in [-0.3, -0.25) is 0 Å². The highest BCUT2D eigenvalue weighted by Gasteiger charge is 2.01. The van der Waals surface area contributed by atoms with E-state index in [1.54, 1.807) is 0 Å². The summed E-state index contributed by atoms with van der Waals surface area (Å²) >= 11 is 0. The lowest BCUT2D eigenvalue weighted by molar-refractivity contribution is 0.786. The molecule has 106 valence electrons. The van der Waals surface area contributed by atoms with Gasteiger partial charge in [0.05, 0.1) is 0 Å². The molecule has 0 fully saturated rings. The second-order valence-electron chi connectivity index (χ2n) is 5.29. The molecule has 0 heterocycles. The zero-order chi connectivity index (χ0) is 14.4. The smallest absolute Gasteiger partial charge is 0.0363 e. The first-order valence-electron chi connectivity index (χ1n) is 7.33. The minimum Gasteiger partial charge on any atom is -0.399 e. The summed E-state index contributed by atoms with van der Waals surface area (Å²) in [5, 5.41) is 0. The molecule has 2 N–H and O–H groups in total. The molecule has 0 aliphatic carbocycles. The first-order chi connectivity index (χ1) is 9.69. The number of benzene rings is 2. The molecular weight excluding hydrogens is 244 g/mol. The number of anilines is 2. The zero-order valence-corrected chi connectivity index (χ0v) is 12.5. The zero-order valence-electron chi connectivity index (χ0n) is 12.5. The molecule has 2 heteroatoms. The van der Waals surface area contributed by atoms with Crippen LogP contribution in [0.25, 0.3) is 0 Å². The van der Waals surface area contributed by atoms with Gasteiger partial charge >= 0.3 is 0 Å². The topological polar surface area (TPSA) is 29.3 Å². The van der Waals surface area contributed by atoms with Crippen LogP contribution in [-0.4, -0.2) is 13.6 Å². The lowest BCUT2D eigenvalue weighted by Gasteiger charge is -2.19. The van der Waals surface area contributed by atoms with Crippen molar-refractivity contribution in [1.82, 2.24) is 0 Å². The molecule has 2 aromatic rings. The van der Waals surface area contributed by atoms with Crippen molar-refractivity contribution in [3.8, 4) is 0 Å². The lowest BCUT2D eigenvalue weighted by Crippen LogP contribution is -2.18. The number of hydrogen-bond donors (Lipinski definition) is 1. The summed E-state index contributed by atoms with van der Waals surface area (Å²) in [7, 11) is 2.16. The summed E-state index contributed by atoms with van der Waals surface area (Å²) in [4.78, 5) is 2.32. The van der Waals surface area contributed by atoms with Crippen LogP contribution in [-0.2, 0) is 12.8 Å². The van der Waals surface area contributed by atoms with E-state index in [1.807, 2.05) is 12.1 Å². The molecule has 2 nitrogen and oxygen atoms in total. The molecule has 0 saturated carbocycles. The average Bonchev–Trinajstić information content (AvgIpc) is 2.49. The Bertz CT molecular complexity index is 514. The fourth-order valence-electron chi connectivity index (χ4n) is 2.32. The maximum absolute atomic E-state index is 5.69. The number of aryl methyl sites for hydroxylation is 2.